The van der Waals surface area contributed by atoms with E-state index in [0.29, 0.717) is 24.3 Å². The summed E-state index contributed by atoms with van der Waals surface area (Å²) in [4.78, 5) is 0. The van der Waals surface area contributed by atoms with Crippen LogP contribution in [0.1, 0.15) is 6.42 Å². The summed E-state index contributed by atoms with van der Waals surface area (Å²) in [5, 5.41) is 6.92. The van der Waals surface area contributed by atoms with Crippen molar-refractivity contribution in [2.75, 3.05) is 26.3 Å². The van der Waals surface area contributed by atoms with E-state index >= 15 is 0 Å². The van der Waals surface area contributed by atoms with Gasteiger partial charge in [0, 0.05) is 19.1 Å². The van der Waals surface area contributed by atoms with E-state index in [1.165, 1.54) is 6.42 Å². The second-order valence-electron chi connectivity index (χ2n) is 4.11. The van der Waals surface area contributed by atoms with Crippen LogP contribution in [0.2, 0.25) is 0 Å². The Morgan fingerprint density at radius 1 is 1.15 bits per heavy atom. The van der Waals surface area contributed by atoms with Crippen molar-refractivity contribution in [3.05, 3.63) is 0 Å². The van der Waals surface area contributed by atoms with Crippen molar-refractivity contribution >= 4 is 0 Å². The fourth-order valence-electron chi connectivity index (χ4n) is 2.57. The lowest BCUT2D eigenvalue weighted by atomic mass is 10.1. The van der Waals surface area contributed by atoms with Gasteiger partial charge in [0.25, 0.3) is 0 Å². The first kappa shape index (κ1) is 8.17. The van der Waals surface area contributed by atoms with Crippen LogP contribution in [-0.2, 0) is 9.47 Å². The predicted octanol–water partition coefficient (Wildman–Crippen LogP) is -0.896. The van der Waals surface area contributed by atoms with Crippen molar-refractivity contribution in [3.8, 4) is 0 Å². The van der Waals surface area contributed by atoms with E-state index in [2.05, 4.69) is 10.6 Å². The average Bonchev–Trinajstić information content (AvgIpc) is 2.80. The first-order chi connectivity index (χ1) is 6.43. The summed E-state index contributed by atoms with van der Waals surface area (Å²) >= 11 is 0. The maximum absolute atomic E-state index is 5.71. The average molecular weight is 184 g/mol. The smallest absolute Gasteiger partial charge is 0.0878 e. The topological polar surface area (TPSA) is 42.5 Å². The lowest BCUT2D eigenvalue weighted by Crippen LogP contribution is -2.55. The molecule has 0 amide bonds. The van der Waals surface area contributed by atoms with Crippen molar-refractivity contribution in [1.82, 2.24) is 10.6 Å². The molecule has 3 fully saturated rings. The van der Waals surface area contributed by atoms with Gasteiger partial charge in [0.2, 0.25) is 0 Å². The lowest BCUT2D eigenvalue weighted by molar-refractivity contribution is -0.0455. The van der Waals surface area contributed by atoms with Gasteiger partial charge >= 0.3 is 0 Å². The van der Waals surface area contributed by atoms with Crippen molar-refractivity contribution in [2.45, 2.75) is 30.7 Å². The van der Waals surface area contributed by atoms with Gasteiger partial charge < -0.3 is 20.1 Å². The number of rotatable bonds is 1. The maximum Gasteiger partial charge on any atom is 0.0878 e. The molecule has 13 heavy (non-hydrogen) atoms. The number of morpholine rings is 2. The van der Waals surface area contributed by atoms with Crippen LogP contribution in [0.15, 0.2) is 0 Å². The maximum atomic E-state index is 5.71. The third-order valence-corrected chi connectivity index (χ3v) is 3.21. The van der Waals surface area contributed by atoms with E-state index in [4.69, 9.17) is 9.47 Å². The van der Waals surface area contributed by atoms with E-state index in [1.54, 1.807) is 0 Å². The van der Waals surface area contributed by atoms with Gasteiger partial charge in [-0.2, -0.15) is 0 Å². The van der Waals surface area contributed by atoms with Gasteiger partial charge in [0.05, 0.1) is 31.5 Å². The summed E-state index contributed by atoms with van der Waals surface area (Å²) in [5.41, 5.74) is 0. The molecule has 0 aromatic rings. The van der Waals surface area contributed by atoms with Gasteiger partial charge in [-0.1, -0.05) is 0 Å². The molecular formula is C9H16N2O2. The van der Waals surface area contributed by atoms with Crippen LogP contribution in [0.25, 0.3) is 0 Å². The van der Waals surface area contributed by atoms with Crippen LogP contribution < -0.4 is 10.6 Å². The number of nitrogens with one attached hydrogen (secondary N) is 2. The molecule has 74 valence electrons. The van der Waals surface area contributed by atoms with E-state index in [0.717, 1.165) is 26.3 Å². The third-order valence-electron chi connectivity index (χ3n) is 3.21. The Hall–Kier alpha value is -0.160. The molecule has 2 N–H and O–H groups in total. The van der Waals surface area contributed by atoms with Crippen molar-refractivity contribution in [1.29, 1.82) is 0 Å². The predicted molar refractivity (Wildman–Crippen MR) is 47.7 cm³/mol. The molecule has 4 nitrogen and oxygen atoms in total. The van der Waals surface area contributed by atoms with Gasteiger partial charge in [-0.3, -0.25) is 0 Å². The van der Waals surface area contributed by atoms with Gasteiger partial charge in [0.15, 0.2) is 0 Å². The van der Waals surface area contributed by atoms with Gasteiger partial charge in [-0.15, -0.1) is 0 Å². The zero-order valence-electron chi connectivity index (χ0n) is 7.66. The standard InChI is InChI=1S/C9H16N2O2/c1-2-12-8(4-10-1)9-7-3-6(11-9)5-13-7/h6-11H,1-5H2. The molecule has 3 rings (SSSR count). The summed E-state index contributed by atoms with van der Waals surface area (Å²) in [6.45, 7) is 3.67. The largest absolute Gasteiger partial charge is 0.375 e. The molecule has 0 radical (unpaired) electrons. The molecule has 0 saturated carbocycles. The Bertz CT molecular complexity index is 194. The fourth-order valence-corrected chi connectivity index (χ4v) is 2.57. The van der Waals surface area contributed by atoms with Crippen LogP contribution in [0.4, 0.5) is 0 Å². The molecule has 3 aliphatic heterocycles. The minimum Gasteiger partial charge on any atom is -0.375 e. The molecule has 4 unspecified atom stereocenters. The van der Waals surface area contributed by atoms with Crippen LogP contribution in [0.3, 0.4) is 0 Å². The summed E-state index contributed by atoms with van der Waals surface area (Å²) in [6, 6.07) is 1.01. The monoisotopic (exact) mass is 184 g/mol. The summed E-state index contributed by atoms with van der Waals surface area (Å²) < 4.78 is 11.4. The van der Waals surface area contributed by atoms with Gasteiger partial charge in [-0.05, 0) is 6.42 Å². The van der Waals surface area contributed by atoms with E-state index < -0.39 is 0 Å². The molecule has 3 aliphatic rings. The van der Waals surface area contributed by atoms with Crippen LogP contribution in [0, 0.1) is 0 Å². The Morgan fingerprint density at radius 3 is 2.77 bits per heavy atom. The molecule has 3 heterocycles. The van der Waals surface area contributed by atoms with E-state index in [1.807, 2.05) is 0 Å². The normalized spacial score (nSPS) is 49.8. The molecular weight excluding hydrogens is 168 g/mol. The number of hydrogen-bond acceptors (Lipinski definition) is 4. The minimum absolute atomic E-state index is 0.309. The van der Waals surface area contributed by atoms with E-state index in [-0.39, 0.29) is 0 Å². The highest BCUT2D eigenvalue weighted by atomic mass is 16.5. The zero-order valence-corrected chi connectivity index (χ0v) is 7.66. The van der Waals surface area contributed by atoms with Crippen molar-refractivity contribution in [3.63, 3.8) is 0 Å². The quantitative estimate of drug-likeness (QED) is 0.554. The molecule has 0 aromatic heterocycles. The Balaban J connectivity index is 1.65. The van der Waals surface area contributed by atoms with Crippen LogP contribution in [0.5, 0.6) is 0 Å². The van der Waals surface area contributed by atoms with Gasteiger partial charge in [-0.25, -0.2) is 0 Å². The first-order valence-electron chi connectivity index (χ1n) is 5.13. The summed E-state index contributed by atoms with van der Waals surface area (Å²) in [7, 11) is 0. The van der Waals surface area contributed by atoms with Crippen LogP contribution in [-0.4, -0.2) is 50.6 Å². The molecule has 0 aliphatic carbocycles. The molecule has 4 heteroatoms. The number of ether oxygens (including phenoxy) is 2. The molecule has 3 saturated heterocycles. The SMILES string of the molecule is C1COC(C2NC3COC2C3)CN1. The Kier molecular flexibility index (Phi) is 2.01. The molecule has 0 aromatic carbocycles. The molecule has 4 atom stereocenters. The first-order valence-corrected chi connectivity index (χ1v) is 5.13. The van der Waals surface area contributed by atoms with Gasteiger partial charge in [0.1, 0.15) is 0 Å². The van der Waals surface area contributed by atoms with Crippen molar-refractivity contribution < 1.29 is 9.47 Å². The second kappa shape index (κ2) is 3.20. The highest BCUT2D eigenvalue weighted by Crippen LogP contribution is 2.27. The van der Waals surface area contributed by atoms with Crippen molar-refractivity contribution in [2.24, 2.45) is 0 Å². The lowest BCUT2D eigenvalue weighted by Gasteiger charge is -2.33. The van der Waals surface area contributed by atoms with Crippen LogP contribution >= 0.6 is 0 Å². The summed E-state index contributed by atoms with van der Waals surface area (Å²) in [6.07, 6.45) is 1.88. The minimum atomic E-state index is 0.309. The Morgan fingerprint density at radius 2 is 2.15 bits per heavy atom. The summed E-state index contributed by atoms with van der Waals surface area (Å²) in [5.74, 6) is 0. The molecule has 0 spiro atoms. The highest BCUT2D eigenvalue weighted by Gasteiger charge is 2.44. The highest BCUT2D eigenvalue weighted by molar-refractivity contribution is 5.01. The third kappa shape index (κ3) is 1.38. The number of hydrogen-bond donors (Lipinski definition) is 2. The fraction of sp³-hybridized carbons (Fsp3) is 1.00. The zero-order chi connectivity index (χ0) is 8.67. The molecule has 2 bridgehead atoms. The second-order valence-corrected chi connectivity index (χ2v) is 4.11. The van der Waals surface area contributed by atoms with E-state index in [9.17, 15) is 0 Å². The number of fused-ring (bicyclic) bond motifs is 2. The Labute approximate surface area is 78.0 Å².